The smallest absolute Gasteiger partial charge is 0.244 e. The van der Waals surface area contributed by atoms with Gasteiger partial charge in [0.05, 0.1) is 18.8 Å². The lowest BCUT2D eigenvalue weighted by molar-refractivity contribution is -0.150. The first-order valence-corrected chi connectivity index (χ1v) is 8.14. The van der Waals surface area contributed by atoms with Crippen LogP contribution >= 0.6 is 0 Å². The van der Waals surface area contributed by atoms with Crippen molar-refractivity contribution < 1.29 is 9.53 Å². The fourth-order valence-corrected chi connectivity index (χ4v) is 3.47. The van der Waals surface area contributed by atoms with E-state index in [2.05, 4.69) is 15.5 Å². The van der Waals surface area contributed by atoms with E-state index in [0.29, 0.717) is 13.2 Å². The monoisotopic (exact) mass is 307 g/mol. The van der Waals surface area contributed by atoms with E-state index in [-0.39, 0.29) is 30.0 Å². The zero-order valence-corrected chi connectivity index (χ0v) is 13.7. The number of carbonyl (C=O) groups is 1. The van der Waals surface area contributed by atoms with Gasteiger partial charge in [0.15, 0.2) is 5.82 Å². The van der Waals surface area contributed by atoms with Gasteiger partial charge in [-0.05, 0) is 23.3 Å². The first-order valence-electron chi connectivity index (χ1n) is 8.14. The fourth-order valence-electron chi connectivity index (χ4n) is 3.47. The van der Waals surface area contributed by atoms with Crippen LogP contribution < -0.4 is 0 Å². The van der Waals surface area contributed by atoms with E-state index in [1.165, 1.54) is 12.8 Å². The molecule has 1 aromatic heterocycles. The van der Waals surface area contributed by atoms with Crippen molar-refractivity contribution in [3.8, 4) is 0 Å². The van der Waals surface area contributed by atoms with Crippen LogP contribution in [0.1, 0.15) is 52.3 Å². The van der Waals surface area contributed by atoms with Crippen LogP contribution in [-0.2, 0) is 21.5 Å². The summed E-state index contributed by atoms with van der Waals surface area (Å²) >= 11 is 0. The molecule has 3 rings (SSSR count). The number of hydrogen-bond donors (Lipinski definition) is 0. The number of nitrogens with zero attached hydrogens (tertiary/aromatic N) is 5. The molecule has 0 spiro atoms. The largest absolute Gasteiger partial charge is 0.374 e. The summed E-state index contributed by atoms with van der Waals surface area (Å²) in [6, 6.07) is 0.226. The summed E-state index contributed by atoms with van der Waals surface area (Å²) in [6.45, 7) is 7.66. The number of carbonyl (C=O) groups excluding carboxylic acids is 1. The lowest BCUT2D eigenvalue weighted by Gasteiger charge is -2.43. The van der Waals surface area contributed by atoms with Gasteiger partial charge in [0.1, 0.15) is 6.54 Å². The minimum Gasteiger partial charge on any atom is -0.374 e. The topological polar surface area (TPSA) is 73.1 Å². The molecule has 2 heterocycles. The van der Waals surface area contributed by atoms with E-state index >= 15 is 0 Å². The van der Waals surface area contributed by atoms with Crippen molar-refractivity contribution in [2.75, 3.05) is 13.2 Å². The summed E-state index contributed by atoms with van der Waals surface area (Å²) < 4.78 is 7.47. The van der Waals surface area contributed by atoms with Crippen molar-refractivity contribution >= 4 is 5.91 Å². The van der Waals surface area contributed by atoms with Crippen molar-refractivity contribution in [3.63, 3.8) is 0 Å². The Labute approximate surface area is 131 Å². The van der Waals surface area contributed by atoms with Crippen LogP contribution in [0.2, 0.25) is 0 Å². The second-order valence-electron chi connectivity index (χ2n) is 7.26. The third-order valence-corrected chi connectivity index (χ3v) is 4.54. The first kappa shape index (κ1) is 15.4. The van der Waals surface area contributed by atoms with Crippen LogP contribution in [0.4, 0.5) is 0 Å². The van der Waals surface area contributed by atoms with Crippen molar-refractivity contribution in [3.05, 3.63) is 5.82 Å². The molecule has 0 bridgehead atoms. The molecular weight excluding hydrogens is 282 g/mol. The Hall–Kier alpha value is -1.50. The number of tetrazole rings is 1. The third kappa shape index (κ3) is 2.99. The highest BCUT2D eigenvalue weighted by molar-refractivity contribution is 5.76. The lowest BCUT2D eigenvalue weighted by Crippen LogP contribution is -2.55. The molecule has 0 N–H and O–H groups in total. The average Bonchev–Trinajstić information content (AvgIpc) is 2.95. The molecular formula is C15H25N5O2. The normalized spacial score (nSPS) is 25.9. The number of hydrogen-bond acceptors (Lipinski definition) is 5. The Balaban J connectivity index is 1.73. The summed E-state index contributed by atoms with van der Waals surface area (Å²) in [4.78, 5) is 14.7. The maximum atomic E-state index is 12.8. The molecule has 1 saturated heterocycles. The highest BCUT2D eigenvalue weighted by atomic mass is 16.5. The Bertz CT molecular complexity index is 534. The number of ether oxygens (including phenoxy) is 1. The van der Waals surface area contributed by atoms with Crippen molar-refractivity contribution in [2.45, 2.75) is 70.6 Å². The molecule has 22 heavy (non-hydrogen) atoms. The van der Waals surface area contributed by atoms with Crippen molar-refractivity contribution in [2.24, 2.45) is 0 Å². The lowest BCUT2D eigenvalue weighted by atomic mass is 9.90. The Morgan fingerprint density at radius 3 is 2.86 bits per heavy atom. The average molecular weight is 307 g/mol. The van der Waals surface area contributed by atoms with Gasteiger partial charge in [0, 0.05) is 12.0 Å². The maximum Gasteiger partial charge on any atom is 0.244 e. The zero-order chi connectivity index (χ0) is 15.7. The first-order chi connectivity index (χ1) is 10.5. The molecule has 1 saturated carbocycles. The van der Waals surface area contributed by atoms with Crippen LogP contribution in [0, 0.1) is 0 Å². The molecule has 2 fully saturated rings. The Kier molecular flexibility index (Phi) is 4.16. The van der Waals surface area contributed by atoms with Gasteiger partial charge in [0.25, 0.3) is 0 Å². The van der Waals surface area contributed by atoms with Gasteiger partial charge in [-0.2, -0.15) is 0 Å². The second kappa shape index (κ2) is 5.95. The molecule has 7 nitrogen and oxygen atoms in total. The minimum atomic E-state index is -0.178. The number of rotatable bonds is 2. The number of amides is 1. The van der Waals surface area contributed by atoms with E-state index in [1.807, 2.05) is 25.7 Å². The molecule has 0 unspecified atom stereocenters. The van der Waals surface area contributed by atoms with Gasteiger partial charge < -0.3 is 9.64 Å². The van der Waals surface area contributed by atoms with E-state index < -0.39 is 0 Å². The molecule has 122 valence electrons. The van der Waals surface area contributed by atoms with E-state index in [1.54, 1.807) is 4.68 Å². The van der Waals surface area contributed by atoms with Gasteiger partial charge in [-0.3, -0.25) is 4.79 Å². The van der Waals surface area contributed by atoms with Gasteiger partial charge in [-0.25, -0.2) is 4.68 Å². The van der Waals surface area contributed by atoms with E-state index in [4.69, 9.17) is 4.74 Å². The van der Waals surface area contributed by atoms with Crippen LogP contribution in [0.3, 0.4) is 0 Å². The zero-order valence-electron chi connectivity index (χ0n) is 13.7. The summed E-state index contributed by atoms with van der Waals surface area (Å²) in [5.41, 5.74) is -0.178. The molecule has 1 amide bonds. The Morgan fingerprint density at radius 1 is 1.32 bits per heavy atom. The van der Waals surface area contributed by atoms with E-state index in [0.717, 1.165) is 18.7 Å². The van der Waals surface area contributed by atoms with E-state index in [9.17, 15) is 4.79 Å². The summed E-state index contributed by atoms with van der Waals surface area (Å²) in [5.74, 6) is 0.840. The molecule has 1 aliphatic carbocycles. The molecule has 1 aromatic rings. The number of morpholine rings is 1. The Morgan fingerprint density at radius 2 is 2.09 bits per heavy atom. The SMILES string of the molecule is CC(C)(C)c1nnnn1CC(=O)N1CCO[C@H]2CCCC[C@H]21. The van der Waals surface area contributed by atoms with Gasteiger partial charge in [-0.1, -0.05) is 33.6 Å². The molecule has 2 aliphatic rings. The molecule has 2 atom stereocenters. The fraction of sp³-hybridized carbons (Fsp3) is 0.867. The molecule has 7 heteroatoms. The van der Waals surface area contributed by atoms with Crippen LogP contribution in [0.25, 0.3) is 0 Å². The standard InChI is InChI=1S/C15H25N5O2/c1-15(2,3)14-16-17-18-20(14)10-13(21)19-8-9-22-12-7-5-4-6-11(12)19/h11-12H,4-10H2,1-3H3/t11-,12+/m1/s1. The van der Waals surface area contributed by atoms with Gasteiger partial charge in [0.2, 0.25) is 5.91 Å². The van der Waals surface area contributed by atoms with Crippen LogP contribution in [0.5, 0.6) is 0 Å². The predicted octanol–water partition coefficient (Wildman–Crippen LogP) is 1.14. The van der Waals surface area contributed by atoms with Crippen molar-refractivity contribution in [1.82, 2.24) is 25.1 Å². The van der Waals surface area contributed by atoms with Crippen LogP contribution in [-0.4, -0.2) is 56.3 Å². The molecule has 1 aliphatic heterocycles. The predicted molar refractivity (Wildman–Crippen MR) is 80.2 cm³/mol. The molecule has 0 radical (unpaired) electrons. The maximum absolute atomic E-state index is 12.8. The number of aromatic nitrogens is 4. The highest BCUT2D eigenvalue weighted by Crippen LogP contribution is 2.28. The minimum absolute atomic E-state index is 0.0954. The van der Waals surface area contributed by atoms with Gasteiger partial charge >= 0.3 is 0 Å². The number of fused-ring (bicyclic) bond motifs is 1. The van der Waals surface area contributed by atoms with Gasteiger partial charge in [-0.15, -0.1) is 5.10 Å². The molecule has 0 aromatic carbocycles. The quantitative estimate of drug-likeness (QED) is 0.819. The van der Waals surface area contributed by atoms with Crippen LogP contribution in [0.15, 0.2) is 0 Å². The summed E-state index contributed by atoms with van der Waals surface area (Å²) in [5, 5.41) is 11.8. The highest BCUT2D eigenvalue weighted by Gasteiger charge is 2.37. The third-order valence-electron chi connectivity index (χ3n) is 4.54. The summed E-state index contributed by atoms with van der Waals surface area (Å²) in [6.07, 6.45) is 4.68. The summed E-state index contributed by atoms with van der Waals surface area (Å²) in [7, 11) is 0. The van der Waals surface area contributed by atoms with Crippen molar-refractivity contribution in [1.29, 1.82) is 0 Å². The second-order valence-corrected chi connectivity index (χ2v) is 7.26.